The minimum atomic E-state index is -4.16. The highest BCUT2D eigenvalue weighted by Gasteiger charge is 2.35. The van der Waals surface area contributed by atoms with Gasteiger partial charge in [0.05, 0.1) is 17.7 Å². The molecule has 4 aromatic carbocycles. The van der Waals surface area contributed by atoms with Gasteiger partial charge < -0.3 is 15.0 Å². The third kappa shape index (κ3) is 8.05. The zero-order chi connectivity index (χ0) is 31.7. The van der Waals surface area contributed by atoms with Gasteiger partial charge in [-0.3, -0.25) is 13.9 Å². The molecule has 0 heterocycles. The van der Waals surface area contributed by atoms with E-state index < -0.39 is 28.5 Å². The van der Waals surface area contributed by atoms with Gasteiger partial charge in [0.1, 0.15) is 18.3 Å². The summed E-state index contributed by atoms with van der Waals surface area (Å²) in [7, 11) is -2.64. The fourth-order valence-corrected chi connectivity index (χ4v) is 6.34. The van der Waals surface area contributed by atoms with E-state index >= 15 is 0 Å². The number of nitrogens with zero attached hydrogens (tertiary/aromatic N) is 2. The summed E-state index contributed by atoms with van der Waals surface area (Å²) in [5.74, 6) is -0.275. The van der Waals surface area contributed by atoms with Crippen LogP contribution in [0.2, 0.25) is 0 Å². The van der Waals surface area contributed by atoms with Crippen molar-refractivity contribution in [2.75, 3.05) is 18.0 Å². The average Bonchev–Trinajstić information content (AvgIpc) is 3.03. The number of methoxy groups -OCH3 is 1. The highest BCUT2D eigenvalue weighted by molar-refractivity contribution is 7.92. The molecule has 8 nitrogen and oxygen atoms in total. The van der Waals surface area contributed by atoms with Crippen LogP contribution in [0.5, 0.6) is 5.75 Å². The van der Waals surface area contributed by atoms with E-state index in [1.807, 2.05) is 75.4 Å². The predicted octanol–water partition coefficient (Wildman–Crippen LogP) is 5.36. The van der Waals surface area contributed by atoms with Crippen molar-refractivity contribution in [3.63, 3.8) is 0 Å². The maximum absolute atomic E-state index is 14.5. The Morgan fingerprint density at radius 1 is 0.818 bits per heavy atom. The Labute approximate surface area is 260 Å². The lowest BCUT2D eigenvalue weighted by Crippen LogP contribution is -2.54. The predicted molar refractivity (Wildman–Crippen MR) is 173 cm³/mol. The van der Waals surface area contributed by atoms with Gasteiger partial charge in [-0.05, 0) is 73.9 Å². The Hall–Kier alpha value is -4.63. The Kier molecular flexibility index (Phi) is 10.8. The largest absolute Gasteiger partial charge is 0.497 e. The van der Waals surface area contributed by atoms with Crippen LogP contribution in [0.4, 0.5) is 5.69 Å². The molecule has 0 aliphatic rings. The van der Waals surface area contributed by atoms with Crippen molar-refractivity contribution in [3.05, 3.63) is 126 Å². The number of carbonyl (C=O) groups excluding carboxylic acids is 2. The third-order valence-corrected chi connectivity index (χ3v) is 9.06. The molecule has 0 saturated heterocycles. The number of ether oxygens (including phenoxy) is 1. The second-order valence-corrected chi connectivity index (χ2v) is 12.7. The van der Waals surface area contributed by atoms with E-state index in [9.17, 15) is 18.0 Å². The number of anilines is 1. The van der Waals surface area contributed by atoms with Crippen molar-refractivity contribution in [3.8, 4) is 5.75 Å². The number of aryl methyl sites for hydroxylation is 1. The van der Waals surface area contributed by atoms with E-state index in [0.717, 1.165) is 21.0 Å². The van der Waals surface area contributed by atoms with Crippen molar-refractivity contribution >= 4 is 27.5 Å². The molecule has 1 N–H and O–H groups in total. The first-order chi connectivity index (χ1) is 21.1. The summed E-state index contributed by atoms with van der Waals surface area (Å²) in [6.45, 7) is 5.28. The van der Waals surface area contributed by atoms with Crippen LogP contribution in [-0.2, 0) is 32.6 Å². The molecule has 1 atom stereocenters. The van der Waals surface area contributed by atoms with Crippen molar-refractivity contribution < 1.29 is 22.7 Å². The fourth-order valence-electron chi connectivity index (χ4n) is 4.90. The Balaban J connectivity index is 1.81. The smallest absolute Gasteiger partial charge is 0.264 e. The molecule has 0 bridgehead atoms. The van der Waals surface area contributed by atoms with E-state index in [0.29, 0.717) is 11.4 Å². The summed E-state index contributed by atoms with van der Waals surface area (Å²) >= 11 is 0. The first-order valence-electron chi connectivity index (χ1n) is 14.5. The summed E-state index contributed by atoms with van der Waals surface area (Å²) < 4.78 is 34.5. The Morgan fingerprint density at radius 2 is 1.41 bits per heavy atom. The lowest BCUT2D eigenvalue weighted by molar-refractivity contribution is -0.140. The highest BCUT2D eigenvalue weighted by atomic mass is 32.2. The highest BCUT2D eigenvalue weighted by Crippen LogP contribution is 2.27. The van der Waals surface area contributed by atoms with E-state index in [4.69, 9.17) is 4.74 Å². The fraction of sp³-hybridized carbons (Fsp3) is 0.257. The summed E-state index contributed by atoms with van der Waals surface area (Å²) in [4.78, 5) is 29.8. The molecule has 0 fully saturated rings. The van der Waals surface area contributed by atoms with E-state index in [2.05, 4.69) is 5.32 Å². The molecule has 2 amide bonds. The van der Waals surface area contributed by atoms with Gasteiger partial charge in [0.2, 0.25) is 11.8 Å². The lowest BCUT2D eigenvalue weighted by atomic mass is 10.0. The molecule has 0 aliphatic heterocycles. The minimum Gasteiger partial charge on any atom is -0.497 e. The van der Waals surface area contributed by atoms with Gasteiger partial charge in [0, 0.05) is 19.0 Å². The standard InChI is InChI=1S/C35H39N3O5S/c1-26(2)36-35(40)33(23-28-14-7-5-8-15-28)37(24-29-16-12-11-13-27(29)3)34(39)25-38(30-19-21-31(43-4)22-20-30)44(41,42)32-17-9-6-10-18-32/h5-22,26,33H,23-25H2,1-4H3,(H,36,40). The number of rotatable bonds is 13. The summed E-state index contributed by atoms with van der Waals surface area (Å²) in [5.41, 5.74) is 2.99. The quantitative estimate of drug-likeness (QED) is 0.219. The van der Waals surface area contributed by atoms with Crippen molar-refractivity contribution in [1.29, 1.82) is 0 Å². The molecule has 4 aromatic rings. The number of carbonyl (C=O) groups is 2. The van der Waals surface area contributed by atoms with Crippen molar-refractivity contribution in [2.24, 2.45) is 0 Å². The van der Waals surface area contributed by atoms with Crippen LogP contribution < -0.4 is 14.4 Å². The average molecular weight is 614 g/mol. The third-order valence-electron chi connectivity index (χ3n) is 7.27. The zero-order valence-corrected chi connectivity index (χ0v) is 26.3. The first kappa shape index (κ1) is 32.3. The number of hydrogen-bond donors (Lipinski definition) is 1. The number of benzene rings is 4. The van der Waals surface area contributed by atoms with Crippen molar-refractivity contribution in [1.82, 2.24) is 10.2 Å². The molecular formula is C35H39N3O5S. The number of amides is 2. The summed E-state index contributed by atoms with van der Waals surface area (Å²) in [5, 5.41) is 2.97. The van der Waals surface area contributed by atoms with Gasteiger partial charge in [-0.2, -0.15) is 0 Å². The van der Waals surface area contributed by atoms with Gasteiger partial charge >= 0.3 is 0 Å². The first-order valence-corrected chi connectivity index (χ1v) is 15.9. The molecular weight excluding hydrogens is 574 g/mol. The Bertz CT molecular complexity index is 1640. The number of nitrogens with one attached hydrogen (secondary N) is 1. The van der Waals surface area contributed by atoms with Crippen LogP contribution in [0.3, 0.4) is 0 Å². The number of sulfonamides is 1. The van der Waals surface area contributed by atoms with Gasteiger partial charge in [0.25, 0.3) is 10.0 Å². The van der Waals surface area contributed by atoms with Crippen LogP contribution in [0.1, 0.15) is 30.5 Å². The maximum atomic E-state index is 14.5. The number of hydrogen-bond acceptors (Lipinski definition) is 5. The monoisotopic (exact) mass is 613 g/mol. The van der Waals surface area contributed by atoms with E-state index in [1.54, 1.807) is 42.5 Å². The van der Waals surface area contributed by atoms with Crippen LogP contribution >= 0.6 is 0 Å². The molecule has 44 heavy (non-hydrogen) atoms. The SMILES string of the molecule is COc1ccc(N(CC(=O)N(Cc2ccccc2C)C(Cc2ccccc2)C(=O)NC(C)C)S(=O)(=O)c2ccccc2)cc1. The molecule has 0 aliphatic carbocycles. The molecule has 0 spiro atoms. The van der Waals surface area contributed by atoms with Crippen LogP contribution in [0.25, 0.3) is 0 Å². The second kappa shape index (κ2) is 14.7. The molecule has 9 heteroatoms. The summed E-state index contributed by atoms with van der Waals surface area (Å²) in [6, 6.07) is 30.6. The van der Waals surface area contributed by atoms with E-state index in [1.165, 1.54) is 24.1 Å². The Morgan fingerprint density at radius 3 is 2.00 bits per heavy atom. The van der Waals surface area contributed by atoms with Gasteiger partial charge in [-0.1, -0.05) is 72.8 Å². The minimum absolute atomic E-state index is 0.0486. The normalized spacial score (nSPS) is 11.9. The van der Waals surface area contributed by atoms with Gasteiger partial charge in [-0.15, -0.1) is 0 Å². The van der Waals surface area contributed by atoms with Crippen LogP contribution in [0, 0.1) is 6.92 Å². The molecule has 1 unspecified atom stereocenters. The topological polar surface area (TPSA) is 96.0 Å². The molecule has 0 saturated carbocycles. The lowest BCUT2D eigenvalue weighted by Gasteiger charge is -2.34. The summed E-state index contributed by atoms with van der Waals surface area (Å²) in [6.07, 6.45) is 0.255. The molecule has 230 valence electrons. The van der Waals surface area contributed by atoms with Crippen LogP contribution in [-0.4, -0.2) is 50.9 Å². The molecule has 0 radical (unpaired) electrons. The molecule has 0 aromatic heterocycles. The van der Waals surface area contributed by atoms with Crippen molar-refractivity contribution in [2.45, 2.75) is 50.7 Å². The van der Waals surface area contributed by atoms with Gasteiger partial charge in [-0.25, -0.2) is 8.42 Å². The zero-order valence-electron chi connectivity index (χ0n) is 25.5. The van der Waals surface area contributed by atoms with Gasteiger partial charge in [0.15, 0.2) is 0 Å². The second-order valence-electron chi connectivity index (χ2n) is 10.8. The maximum Gasteiger partial charge on any atom is 0.264 e. The van der Waals surface area contributed by atoms with E-state index in [-0.39, 0.29) is 29.8 Å². The van der Waals surface area contributed by atoms with Crippen LogP contribution in [0.15, 0.2) is 114 Å². The molecule has 4 rings (SSSR count).